The van der Waals surface area contributed by atoms with E-state index < -0.39 is 0 Å². The second-order valence-corrected chi connectivity index (χ2v) is 7.91. The summed E-state index contributed by atoms with van der Waals surface area (Å²) in [5.41, 5.74) is 5.74. The first-order chi connectivity index (χ1) is 14.9. The van der Waals surface area contributed by atoms with Gasteiger partial charge in [0, 0.05) is 16.3 Å². The fourth-order valence-electron chi connectivity index (χ4n) is 3.44. The molecule has 5 nitrogen and oxygen atoms in total. The van der Waals surface area contributed by atoms with Crippen molar-refractivity contribution < 1.29 is 4.79 Å². The Kier molecular flexibility index (Phi) is 5.87. The SMILES string of the molecule is CCc1ccc(NC(=O)c2nc(-c3cccc(Cl)c3)n(-c3ccc(C)cc3C)n2)cc1. The van der Waals surface area contributed by atoms with Crippen LogP contribution in [0.1, 0.15) is 34.2 Å². The maximum absolute atomic E-state index is 12.9. The molecule has 1 heterocycles. The third-order valence-corrected chi connectivity index (χ3v) is 5.33. The first-order valence-electron chi connectivity index (χ1n) is 10.2. The van der Waals surface area contributed by atoms with E-state index in [9.17, 15) is 4.79 Å². The molecule has 0 unspecified atom stereocenters. The van der Waals surface area contributed by atoms with Gasteiger partial charge in [-0.3, -0.25) is 4.79 Å². The van der Waals surface area contributed by atoms with Crippen LogP contribution in [0.5, 0.6) is 0 Å². The van der Waals surface area contributed by atoms with E-state index in [1.807, 2.05) is 68.4 Å². The molecule has 0 saturated heterocycles. The van der Waals surface area contributed by atoms with Crippen molar-refractivity contribution in [2.24, 2.45) is 0 Å². The van der Waals surface area contributed by atoms with Gasteiger partial charge < -0.3 is 5.32 Å². The average molecular weight is 431 g/mol. The van der Waals surface area contributed by atoms with Crippen LogP contribution < -0.4 is 5.32 Å². The topological polar surface area (TPSA) is 59.8 Å². The summed E-state index contributed by atoms with van der Waals surface area (Å²) in [4.78, 5) is 17.5. The van der Waals surface area contributed by atoms with Crippen molar-refractivity contribution in [2.45, 2.75) is 27.2 Å². The molecule has 3 aromatic carbocycles. The summed E-state index contributed by atoms with van der Waals surface area (Å²) in [6, 6.07) is 21.2. The van der Waals surface area contributed by atoms with Gasteiger partial charge in [0.15, 0.2) is 5.82 Å². The van der Waals surface area contributed by atoms with Gasteiger partial charge in [0.1, 0.15) is 0 Å². The van der Waals surface area contributed by atoms with Crippen molar-refractivity contribution >= 4 is 23.2 Å². The largest absolute Gasteiger partial charge is 0.319 e. The van der Waals surface area contributed by atoms with Gasteiger partial charge >= 0.3 is 0 Å². The standard InChI is InChI=1S/C25H23ClN4O/c1-4-18-9-11-21(12-10-18)27-25(31)23-28-24(19-6-5-7-20(26)15-19)30(29-23)22-13-8-16(2)14-17(22)3/h5-15H,4H2,1-3H3,(H,27,31). The number of hydrogen-bond donors (Lipinski definition) is 1. The molecule has 4 rings (SSSR count). The zero-order valence-electron chi connectivity index (χ0n) is 17.7. The fraction of sp³-hybridized carbons (Fsp3) is 0.160. The molecule has 0 bridgehead atoms. The summed E-state index contributed by atoms with van der Waals surface area (Å²) in [6.45, 7) is 6.15. The second-order valence-electron chi connectivity index (χ2n) is 7.48. The Hall–Kier alpha value is -3.44. The number of anilines is 1. The summed E-state index contributed by atoms with van der Waals surface area (Å²) in [6.07, 6.45) is 0.944. The van der Waals surface area contributed by atoms with Crippen LogP contribution in [0.3, 0.4) is 0 Å². The maximum Gasteiger partial charge on any atom is 0.295 e. The van der Waals surface area contributed by atoms with E-state index in [4.69, 9.17) is 11.6 Å². The molecule has 0 radical (unpaired) electrons. The third kappa shape index (κ3) is 4.52. The van der Waals surface area contributed by atoms with Crippen molar-refractivity contribution in [2.75, 3.05) is 5.32 Å². The van der Waals surface area contributed by atoms with Crippen molar-refractivity contribution in [3.63, 3.8) is 0 Å². The molecule has 0 spiro atoms. The highest BCUT2D eigenvalue weighted by Gasteiger charge is 2.20. The van der Waals surface area contributed by atoms with Gasteiger partial charge in [-0.1, -0.05) is 60.5 Å². The number of rotatable bonds is 5. The molecule has 31 heavy (non-hydrogen) atoms. The number of benzene rings is 3. The number of aromatic nitrogens is 3. The van der Waals surface area contributed by atoms with E-state index in [0.717, 1.165) is 28.8 Å². The summed E-state index contributed by atoms with van der Waals surface area (Å²) in [5.74, 6) is 0.284. The van der Waals surface area contributed by atoms with Gasteiger partial charge in [0.05, 0.1) is 5.69 Å². The van der Waals surface area contributed by atoms with E-state index in [1.54, 1.807) is 10.7 Å². The van der Waals surface area contributed by atoms with Crippen LogP contribution in [0.25, 0.3) is 17.1 Å². The fourth-order valence-corrected chi connectivity index (χ4v) is 3.63. The van der Waals surface area contributed by atoms with Crippen LogP contribution >= 0.6 is 11.6 Å². The number of carbonyl (C=O) groups is 1. The first kappa shape index (κ1) is 20.8. The lowest BCUT2D eigenvalue weighted by molar-refractivity contribution is 0.101. The van der Waals surface area contributed by atoms with Gasteiger partial charge in [-0.15, -0.1) is 5.10 Å². The van der Waals surface area contributed by atoms with Gasteiger partial charge in [-0.05, 0) is 61.7 Å². The number of hydrogen-bond acceptors (Lipinski definition) is 3. The lowest BCUT2D eigenvalue weighted by atomic mass is 10.1. The number of nitrogens with one attached hydrogen (secondary N) is 1. The highest BCUT2D eigenvalue weighted by molar-refractivity contribution is 6.30. The highest BCUT2D eigenvalue weighted by Crippen LogP contribution is 2.26. The molecular weight excluding hydrogens is 408 g/mol. The molecule has 156 valence electrons. The van der Waals surface area contributed by atoms with Crippen LogP contribution in [0, 0.1) is 13.8 Å². The summed E-state index contributed by atoms with van der Waals surface area (Å²) in [7, 11) is 0. The number of amides is 1. The maximum atomic E-state index is 12.9. The number of halogens is 1. The van der Waals surface area contributed by atoms with Crippen LogP contribution in [0.2, 0.25) is 5.02 Å². The van der Waals surface area contributed by atoms with Gasteiger partial charge in [0.25, 0.3) is 5.91 Å². The molecule has 0 aliphatic rings. The van der Waals surface area contributed by atoms with E-state index >= 15 is 0 Å². The summed E-state index contributed by atoms with van der Waals surface area (Å²) < 4.78 is 1.70. The summed E-state index contributed by atoms with van der Waals surface area (Å²) >= 11 is 6.21. The second kappa shape index (κ2) is 8.74. The minimum atomic E-state index is -0.365. The van der Waals surface area contributed by atoms with E-state index in [2.05, 4.69) is 28.4 Å². The minimum Gasteiger partial charge on any atom is -0.319 e. The Morgan fingerprint density at radius 3 is 2.48 bits per heavy atom. The normalized spacial score (nSPS) is 10.8. The van der Waals surface area contributed by atoms with Crippen LogP contribution in [0.4, 0.5) is 5.69 Å². The van der Waals surface area contributed by atoms with E-state index in [-0.39, 0.29) is 11.7 Å². The molecule has 0 saturated carbocycles. The molecule has 6 heteroatoms. The van der Waals surface area contributed by atoms with Crippen molar-refractivity contribution in [3.05, 3.63) is 94.3 Å². The Labute approximate surface area is 186 Å². The molecule has 1 aromatic heterocycles. The van der Waals surface area contributed by atoms with Crippen molar-refractivity contribution in [1.29, 1.82) is 0 Å². The monoisotopic (exact) mass is 430 g/mol. The predicted molar refractivity (Wildman–Crippen MR) is 125 cm³/mol. The molecule has 1 amide bonds. The highest BCUT2D eigenvalue weighted by atomic mass is 35.5. The van der Waals surface area contributed by atoms with E-state index in [0.29, 0.717) is 16.5 Å². The van der Waals surface area contributed by atoms with Crippen LogP contribution in [0.15, 0.2) is 66.7 Å². The lowest BCUT2D eigenvalue weighted by Crippen LogP contribution is -2.14. The number of nitrogens with zero attached hydrogens (tertiary/aromatic N) is 3. The van der Waals surface area contributed by atoms with Crippen LogP contribution in [-0.2, 0) is 6.42 Å². The van der Waals surface area contributed by atoms with Gasteiger partial charge in [-0.2, -0.15) is 0 Å². The third-order valence-electron chi connectivity index (χ3n) is 5.09. The van der Waals surface area contributed by atoms with Gasteiger partial charge in [-0.25, -0.2) is 9.67 Å². The average Bonchev–Trinajstić information content (AvgIpc) is 3.20. The Bertz CT molecular complexity index is 1240. The molecule has 4 aromatic rings. The molecule has 0 aliphatic carbocycles. The van der Waals surface area contributed by atoms with Crippen LogP contribution in [-0.4, -0.2) is 20.7 Å². The Morgan fingerprint density at radius 2 is 1.81 bits per heavy atom. The van der Waals surface area contributed by atoms with E-state index in [1.165, 1.54) is 5.56 Å². The zero-order valence-corrected chi connectivity index (χ0v) is 18.4. The molecule has 0 atom stereocenters. The minimum absolute atomic E-state index is 0.0921. The smallest absolute Gasteiger partial charge is 0.295 e. The first-order valence-corrected chi connectivity index (χ1v) is 10.5. The zero-order chi connectivity index (χ0) is 22.0. The Balaban J connectivity index is 1.76. The predicted octanol–water partition coefficient (Wildman–Crippen LogP) is 6.02. The molecule has 0 fully saturated rings. The number of carbonyl (C=O) groups excluding carboxylic acids is 1. The molecular formula is C25H23ClN4O. The van der Waals surface area contributed by atoms with Gasteiger partial charge in [0.2, 0.25) is 5.82 Å². The van der Waals surface area contributed by atoms with Crippen molar-refractivity contribution in [1.82, 2.24) is 14.8 Å². The van der Waals surface area contributed by atoms with Crippen molar-refractivity contribution in [3.8, 4) is 17.1 Å². The lowest BCUT2D eigenvalue weighted by Gasteiger charge is -2.10. The quantitative estimate of drug-likeness (QED) is 0.421. The summed E-state index contributed by atoms with van der Waals surface area (Å²) in [5, 5.41) is 8.03. The molecule has 0 aliphatic heterocycles. The number of aryl methyl sites for hydroxylation is 3. The molecule has 1 N–H and O–H groups in total. The Morgan fingerprint density at radius 1 is 1.03 bits per heavy atom.